The summed E-state index contributed by atoms with van der Waals surface area (Å²) in [6.07, 6.45) is 0. The summed E-state index contributed by atoms with van der Waals surface area (Å²) < 4.78 is 0.837. The summed E-state index contributed by atoms with van der Waals surface area (Å²) in [5, 5.41) is 20.0. The molecule has 2 aromatic carbocycles. The van der Waals surface area contributed by atoms with Gasteiger partial charge in [0.25, 0.3) is 5.69 Å². The Bertz CT molecular complexity index is 601. The highest BCUT2D eigenvalue weighted by Crippen LogP contribution is 2.35. The van der Waals surface area contributed by atoms with Crippen LogP contribution in [-0.2, 0) is 6.61 Å². The van der Waals surface area contributed by atoms with Gasteiger partial charge in [-0.1, -0.05) is 23.9 Å². The molecule has 0 aliphatic rings. The smallest absolute Gasteiger partial charge is 0.284 e. The van der Waals surface area contributed by atoms with Crippen LogP contribution in [0.2, 0.25) is 0 Å². The van der Waals surface area contributed by atoms with Gasteiger partial charge >= 0.3 is 0 Å². The highest BCUT2D eigenvalue weighted by molar-refractivity contribution is 14.1. The Morgan fingerprint density at radius 2 is 1.89 bits per heavy atom. The molecule has 0 radical (unpaired) electrons. The number of nitrogens with zero attached hydrogens (tertiary/aromatic N) is 1. The molecule has 0 heterocycles. The molecule has 0 spiro atoms. The van der Waals surface area contributed by atoms with Crippen molar-refractivity contribution in [3.63, 3.8) is 0 Å². The number of aliphatic hydroxyl groups excluding tert-OH is 1. The van der Waals surface area contributed by atoms with Crippen molar-refractivity contribution in [3.8, 4) is 0 Å². The summed E-state index contributed by atoms with van der Waals surface area (Å²) in [4.78, 5) is 12.2. The van der Waals surface area contributed by atoms with E-state index in [1.165, 1.54) is 11.8 Å². The Hall–Kier alpha value is -1.12. The Labute approximate surface area is 128 Å². The van der Waals surface area contributed by atoms with Gasteiger partial charge in [-0.05, 0) is 52.4 Å². The summed E-state index contributed by atoms with van der Waals surface area (Å²) in [5.41, 5.74) is 0.935. The maximum Gasteiger partial charge on any atom is 0.284 e. The van der Waals surface area contributed by atoms with Gasteiger partial charge in [0.1, 0.15) is 0 Å². The number of hydrogen-bond donors (Lipinski definition) is 1. The monoisotopic (exact) mass is 387 g/mol. The number of benzene rings is 2. The standard InChI is InChI=1S/C13H10INO3S/c14-10-3-6-13(12(7-10)15(17)18)19-11-4-1-9(8-16)2-5-11/h1-7,16H,8H2. The fraction of sp³-hybridized carbons (Fsp3) is 0.0769. The molecule has 0 bridgehead atoms. The van der Waals surface area contributed by atoms with Crippen LogP contribution in [0.3, 0.4) is 0 Å². The molecule has 0 saturated carbocycles. The first-order valence-corrected chi connectivity index (χ1v) is 7.31. The van der Waals surface area contributed by atoms with Crippen molar-refractivity contribution in [2.75, 3.05) is 0 Å². The molecule has 1 N–H and O–H groups in total. The maximum atomic E-state index is 11.0. The highest BCUT2D eigenvalue weighted by atomic mass is 127. The first kappa shape index (κ1) is 14.3. The summed E-state index contributed by atoms with van der Waals surface area (Å²) in [7, 11) is 0. The predicted molar refractivity (Wildman–Crippen MR) is 82.3 cm³/mol. The van der Waals surface area contributed by atoms with Crippen LogP contribution in [0.25, 0.3) is 0 Å². The van der Waals surface area contributed by atoms with Gasteiger partial charge in [0.2, 0.25) is 0 Å². The molecule has 0 aromatic heterocycles. The van der Waals surface area contributed by atoms with E-state index in [2.05, 4.69) is 22.6 Å². The molecule has 0 fully saturated rings. The summed E-state index contributed by atoms with van der Waals surface area (Å²) >= 11 is 3.40. The molecule has 19 heavy (non-hydrogen) atoms. The third kappa shape index (κ3) is 3.68. The topological polar surface area (TPSA) is 63.4 Å². The molecule has 0 unspecified atom stereocenters. The van der Waals surface area contributed by atoms with Crippen LogP contribution in [0.15, 0.2) is 52.3 Å². The molecule has 6 heteroatoms. The van der Waals surface area contributed by atoms with Crippen molar-refractivity contribution in [2.24, 2.45) is 0 Å². The van der Waals surface area contributed by atoms with E-state index < -0.39 is 0 Å². The molecule has 98 valence electrons. The molecule has 0 atom stereocenters. The van der Waals surface area contributed by atoms with Crippen molar-refractivity contribution in [3.05, 3.63) is 61.7 Å². The minimum Gasteiger partial charge on any atom is -0.392 e. The van der Waals surface area contributed by atoms with E-state index in [9.17, 15) is 10.1 Å². The lowest BCUT2D eigenvalue weighted by molar-refractivity contribution is -0.387. The molecule has 4 nitrogen and oxygen atoms in total. The van der Waals surface area contributed by atoms with Crippen molar-refractivity contribution in [1.29, 1.82) is 0 Å². The van der Waals surface area contributed by atoms with Crippen molar-refractivity contribution >= 4 is 40.0 Å². The van der Waals surface area contributed by atoms with E-state index >= 15 is 0 Å². The minimum atomic E-state index is -0.368. The number of hydrogen-bond acceptors (Lipinski definition) is 4. The fourth-order valence-electron chi connectivity index (χ4n) is 1.51. The third-order valence-electron chi connectivity index (χ3n) is 2.45. The van der Waals surface area contributed by atoms with E-state index in [-0.39, 0.29) is 17.2 Å². The maximum absolute atomic E-state index is 11.0. The quantitative estimate of drug-likeness (QED) is 0.492. The Kier molecular flexibility index (Phi) is 4.78. The number of rotatable bonds is 4. The zero-order chi connectivity index (χ0) is 13.8. The largest absolute Gasteiger partial charge is 0.392 e. The van der Waals surface area contributed by atoms with Crippen LogP contribution in [0, 0.1) is 13.7 Å². The first-order valence-electron chi connectivity index (χ1n) is 5.42. The lowest BCUT2D eigenvalue weighted by Gasteiger charge is -2.04. The zero-order valence-corrected chi connectivity index (χ0v) is 12.7. The molecular weight excluding hydrogens is 377 g/mol. The summed E-state index contributed by atoms with van der Waals surface area (Å²) in [6.45, 7) is -0.00533. The second-order valence-electron chi connectivity index (χ2n) is 3.77. The molecule has 0 saturated heterocycles. The van der Waals surface area contributed by atoms with E-state index in [4.69, 9.17) is 5.11 Å². The molecule has 2 rings (SSSR count). The number of nitro groups is 1. The van der Waals surface area contributed by atoms with Crippen molar-refractivity contribution < 1.29 is 10.0 Å². The van der Waals surface area contributed by atoms with Crippen LogP contribution in [-0.4, -0.2) is 10.0 Å². The van der Waals surface area contributed by atoms with E-state index in [0.29, 0.717) is 4.90 Å². The lowest BCUT2D eigenvalue weighted by atomic mass is 10.2. The minimum absolute atomic E-state index is 0.00533. The molecule has 2 aromatic rings. The van der Waals surface area contributed by atoms with Crippen LogP contribution in [0.5, 0.6) is 0 Å². The van der Waals surface area contributed by atoms with Crippen molar-refractivity contribution in [2.45, 2.75) is 16.4 Å². The SMILES string of the molecule is O=[N+]([O-])c1cc(I)ccc1Sc1ccc(CO)cc1. The average Bonchev–Trinajstić information content (AvgIpc) is 2.41. The second-order valence-corrected chi connectivity index (χ2v) is 6.13. The Balaban J connectivity index is 2.29. The summed E-state index contributed by atoms with van der Waals surface area (Å²) in [6, 6.07) is 12.5. The zero-order valence-electron chi connectivity index (χ0n) is 9.75. The van der Waals surface area contributed by atoms with E-state index in [1.807, 2.05) is 18.2 Å². The van der Waals surface area contributed by atoms with Crippen molar-refractivity contribution in [1.82, 2.24) is 0 Å². The first-order chi connectivity index (χ1) is 9.10. The third-order valence-corrected chi connectivity index (χ3v) is 4.20. The van der Waals surface area contributed by atoms with Gasteiger partial charge in [0.15, 0.2) is 0 Å². The van der Waals surface area contributed by atoms with Gasteiger partial charge in [0.05, 0.1) is 16.4 Å². The Morgan fingerprint density at radius 3 is 2.47 bits per heavy atom. The molecule has 0 amide bonds. The van der Waals surface area contributed by atoms with Crippen LogP contribution < -0.4 is 0 Å². The van der Waals surface area contributed by atoms with Gasteiger partial charge in [-0.25, -0.2) is 0 Å². The fourth-order valence-corrected chi connectivity index (χ4v) is 2.88. The summed E-state index contributed by atoms with van der Waals surface area (Å²) in [5.74, 6) is 0. The highest BCUT2D eigenvalue weighted by Gasteiger charge is 2.15. The van der Waals surface area contributed by atoms with E-state index in [0.717, 1.165) is 14.0 Å². The number of halogens is 1. The Morgan fingerprint density at radius 1 is 1.21 bits per heavy atom. The predicted octanol–water partition coefficient (Wildman–Crippen LogP) is 3.84. The van der Waals surface area contributed by atoms with Gasteiger partial charge in [-0.3, -0.25) is 10.1 Å². The van der Waals surface area contributed by atoms with Gasteiger partial charge < -0.3 is 5.11 Å². The molecule has 0 aliphatic heterocycles. The normalized spacial score (nSPS) is 10.4. The molecule has 0 aliphatic carbocycles. The average molecular weight is 387 g/mol. The second kappa shape index (κ2) is 6.36. The van der Waals surface area contributed by atoms with Crippen LogP contribution in [0.1, 0.15) is 5.56 Å². The van der Waals surface area contributed by atoms with Crippen LogP contribution in [0.4, 0.5) is 5.69 Å². The number of nitro benzene ring substituents is 1. The molecular formula is C13H10INO3S. The van der Waals surface area contributed by atoms with Crippen LogP contribution >= 0.6 is 34.4 Å². The lowest BCUT2D eigenvalue weighted by Crippen LogP contribution is -1.91. The number of aliphatic hydroxyl groups is 1. The van der Waals surface area contributed by atoms with Gasteiger partial charge in [-0.2, -0.15) is 0 Å². The van der Waals surface area contributed by atoms with Gasteiger partial charge in [0, 0.05) is 14.5 Å². The van der Waals surface area contributed by atoms with Gasteiger partial charge in [-0.15, -0.1) is 0 Å². The van der Waals surface area contributed by atoms with E-state index in [1.54, 1.807) is 24.3 Å².